The first-order valence-electron chi connectivity index (χ1n) is 9.53. The number of nitrogens with zero attached hydrogens (tertiary/aromatic N) is 1. The van der Waals surface area contributed by atoms with Crippen molar-refractivity contribution in [3.05, 3.63) is 87.7 Å². The van der Waals surface area contributed by atoms with E-state index in [1.54, 1.807) is 68.4 Å². The highest BCUT2D eigenvalue weighted by atomic mass is 35.5. The SMILES string of the molecule is CC1=C(C(=O)O)C(c2cccc(Cl)c2)C(C(=O)N(CC(N)=O)c2ccccc2)=C(C)N1. The maximum Gasteiger partial charge on any atom is 0.334 e. The van der Waals surface area contributed by atoms with Crippen molar-refractivity contribution in [2.45, 2.75) is 19.8 Å². The maximum atomic E-state index is 13.8. The quantitative estimate of drug-likeness (QED) is 0.639. The topological polar surface area (TPSA) is 113 Å². The third-order valence-corrected chi connectivity index (χ3v) is 5.27. The predicted molar refractivity (Wildman–Crippen MR) is 118 cm³/mol. The van der Waals surface area contributed by atoms with Crippen LogP contribution in [0.25, 0.3) is 0 Å². The van der Waals surface area contributed by atoms with Crippen molar-refractivity contribution in [1.29, 1.82) is 0 Å². The summed E-state index contributed by atoms with van der Waals surface area (Å²) >= 11 is 6.17. The van der Waals surface area contributed by atoms with Gasteiger partial charge in [0.25, 0.3) is 5.91 Å². The van der Waals surface area contributed by atoms with Gasteiger partial charge in [-0.1, -0.05) is 41.9 Å². The summed E-state index contributed by atoms with van der Waals surface area (Å²) in [7, 11) is 0. The van der Waals surface area contributed by atoms with Crippen molar-refractivity contribution in [3.63, 3.8) is 0 Å². The van der Waals surface area contributed by atoms with Gasteiger partial charge in [0.2, 0.25) is 5.91 Å². The third kappa shape index (κ3) is 4.62. The number of allylic oxidation sites excluding steroid dienone is 2. The number of rotatable bonds is 6. The second kappa shape index (κ2) is 9.06. The number of benzene rings is 2. The second-order valence-electron chi connectivity index (χ2n) is 7.19. The standard InChI is InChI=1S/C23H22ClN3O4/c1-13-19(22(29)27(12-18(25)28)17-9-4-3-5-10-17)21(15-7-6-8-16(24)11-15)20(23(30)31)14(2)26-13/h3-11,21,26H,12H2,1-2H3,(H2,25,28)(H,30,31). The number of halogens is 1. The molecule has 0 radical (unpaired) electrons. The lowest BCUT2D eigenvalue weighted by molar-refractivity contribution is -0.133. The van der Waals surface area contributed by atoms with E-state index in [1.807, 2.05) is 0 Å². The maximum absolute atomic E-state index is 13.8. The minimum atomic E-state index is -1.16. The number of hydrogen-bond acceptors (Lipinski definition) is 4. The van der Waals surface area contributed by atoms with E-state index in [-0.39, 0.29) is 17.7 Å². The smallest absolute Gasteiger partial charge is 0.334 e. The fraction of sp³-hybridized carbons (Fsp3) is 0.174. The van der Waals surface area contributed by atoms with E-state index in [0.717, 1.165) is 0 Å². The summed E-state index contributed by atoms with van der Waals surface area (Å²) in [5.74, 6) is -3.26. The normalized spacial score (nSPS) is 16.0. The Labute approximate surface area is 184 Å². The molecule has 1 unspecified atom stereocenters. The molecule has 0 saturated heterocycles. The van der Waals surface area contributed by atoms with Crippen LogP contribution in [0.4, 0.5) is 5.69 Å². The van der Waals surface area contributed by atoms with Gasteiger partial charge in [0.1, 0.15) is 6.54 Å². The Morgan fingerprint density at radius 3 is 2.26 bits per heavy atom. The third-order valence-electron chi connectivity index (χ3n) is 5.03. The number of nitrogens with two attached hydrogens (primary N) is 1. The summed E-state index contributed by atoms with van der Waals surface area (Å²) in [6.07, 6.45) is 0. The number of anilines is 1. The molecule has 0 spiro atoms. The van der Waals surface area contributed by atoms with Crippen LogP contribution in [0.15, 0.2) is 77.1 Å². The molecule has 4 N–H and O–H groups in total. The summed E-state index contributed by atoms with van der Waals surface area (Å²) in [4.78, 5) is 38.9. The number of carboxylic acid groups (broad SMARTS) is 1. The number of dihydropyridines is 1. The molecule has 0 bridgehead atoms. The zero-order valence-electron chi connectivity index (χ0n) is 17.1. The number of hydrogen-bond donors (Lipinski definition) is 3. The largest absolute Gasteiger partial charge is 0.478 e. The van der Waals surface area contributed by atoms with E-state index in [4.69, 9.17) is 17.3 Å². The first-order valence-corrected chi connectivity index (χ1v) is 9.91. The Morgan fingerprint density at radius 2 is 1.68 bits per heavy atom. The van der Waals surface area contributed by atoms with Crippen LogP contribution in [-0.4, -0.2) is 29.4 Å². The number of nitrogens with one attached hydrogen (secondary N) is 1. The van der Waals surface area contributed by atoms with Crippen LogP contribution in [0.5, 0.6) is 0 Å². The highest BCUT2D eigenvalue weighted by molar-refractivity contribution is 6.30. The van der Waals surface area contributed by atoms with Gasteiger partial charge in [-0.25, -0.2) is 4.79 Å². The van der Waals surface area contributed by atoms with Crippen LogP contribution in [0.3, 0.4) is 0 Å². The zero-order valence-corrected chi connectivity index (χ0v) is 17.8. The van der Waals surface area contributed by atoms with Crippen molar-refractivity contribution >= 4 is 35.1 Å². The summed E-state index contributed by atoms with van der Waals surface area (Å²) < 4.78 is 0. The highest BCUT2D eigenvalue weighted by Crippen LogP contribution is 2.40. The van der Waals surface area contributed by atoms with E-state index >= 15 is 0 Å². The number of amides is 2. The van der Waals surface area contributed by atoms with Crippen molar-refractivity contribution in [2.24, 2.45) is 5.73 Å². The average molecular weight is 440 g/mol. The van der Waals surface area contributed by atoms with Crippen molar-refractivity contribution in [3.8, 4) is 0 Å². The van der Waals surface area contributed by atoms with E-state index in [9.17, 15) is 19.5 Å². The van der Waals surface area contributed by atoms with Crippen LogP contribution in [0.2, 0.25) is 5.02 Å². The molecule has 7 nitrogen and oxygen atoms in total. The lowest BCUT2D eigenvalue weighted by atomic mass is 9.80. The molecule has 1 heterocycles. The molecular weight excluding hydrogens is 418 g/mol. The molecule has 3 rings (SSSR count). The second-order valence-corrected chi connectivity index (χ2v) is 7.63. The number of carbonyl (C=O) groups excluding carboxylic acids is 2. The Bertz CT molecular complexity index is 1110. The Morgan fingerprint density at radius 1 is 1.03 bits per heavy atom. The first kappa shape index (κ1) is 22.1. The fourth-order valence-electron chi connectivity index (χ4n) is 3.77. The van der Waals surface area contributed by atoms with Gasteiger partial charge in [0, 0.05) is 27.7 Å². The molecule has 160 valence electrons. The van der Waals surface area contributed by atoms with Crippen LogP contribution < -0.4 is 16.0 Å². The molecule has 0 saturated carbocycles. The number of carbonyl (C=O) groups is 3. The number of carboxylic acids is 1. The number of aliphatic carboxylic acids is 1. The van der Waals surface area contributed by atoms with E-state index < -0.39 is 23.7 Å². The molecule has 2 aromatic carbocycles. The Balaban J connectivity index is 2.19. The van der Waals surface area contributed by atoms with E-state index in [1.165, 1.54) is 4.90 Å². The van der Waals surface area contributed by atoms with Gasteiger partial charge in [-0.05, 0) is 43.7 Å². The minimum Gasteiger partial charge on any atom is -0.478 e. The van der Waals surface area contributed by atoms with Gasteiger partial charge < -0.3 is 16.2 Å². The average Bonchev–Trinajstić information content (AvgIpc) is 2.71. The van der Waals surface area contributed by atoms with Crippen molar-refractivity contribution in [1.82, 2.24) is 5.32 Å². The Kier molecular flexibility index (Phi) is 6.46. The molecule has 2 aromatic rings. The minimum absolute atomic E-state index is 0.0308. The summed E-state index contributed by atoms with van der Waals surface area (Å²) in [6, 6.07) is 15.3. The highest BCUT2D eigenvalue weighted by Gasteiger charge is 2.38. The summed E-state index contributed by atoms with van der Waals surface area (Å²) in [5, 5.41) is 13.4. The molecule has 1 aliphatic heterocycles. The lowest BCUT2D eigenvalue weighted by Gasteiger charge is -2.33. The van der Waals surface area contributed by atoms with Crippen molar-refractivity contribution in [2.75, 3.05) is 11.4 Å². The summed E-state index contributed by atoms with van der Waals surface area (Å²) in [5.41, 5.74) is 7.59. The van der Waals surface area contributed by atoms with E-state index in [0.29, 0.717) is 27.7 Å². The Hall–Kier alpha value is -3.58. The predicted octanol–water partition coefficient (Wildman–Crippen LogP) is 3.18. The monoisotopic (exact) mass is 439 g/mol. The van der Waals surface area contributed by atoms with Crippen LogP contribution >= 0.6 is 11.6 Å². The van der Waals surface area contributed by atoms with E-state index in [2.05, 4.69) is 5.32 Å². The zero-order chi connectivity index (χ0) is 22.7. The first-order chi connectivity index (χ1) is 14.7. The van der Waals surface area contributed by atoms with Gasteiger partial charge in [0.15, 0.2) is 0 Å². The molecule has 0 aliphatic carbocycles. The molecule has 2 amide bonds. The molecule has 31 heavy (non-hydrogen) atoms. The van der Waals surface area contributed by atoms with Gasteiger partial charge in [-0.15, -0.1) is 0 Å². The van der Waals surface area contributed by atoms with Crippen LogP contribution in [0.1, 0.15) is 25.3 Å². The van der Waals surface area contributed by atoms with Gasteiger partial charge >= 0.3 is 5.97 Å². The molecule has 0 fully saturated rings. The molecule has 1 aliphatic rings. The molecule has 0 aromatic heterocycles. The fourth-order valence-corrected chi connectivity index (χ4v) is 3.97. The van der Waals surface area contributed by atoms with Gasteiger partial charge in [-0.2, -0.15) is 0 Å². The van der Waals surface area contributed by atoms with Gasteiger partial charge in [-0.3, -0.25) is 14.5 Å². The molecule has 8 heteroatoms. The summed E-state index contributed by atoms with van der Waals surface area (Å²) in [6.45, 7) is 2.98. The molecule has 1 atom stereocenters. The van der Waals surface area contributed by atoms with Crippen molar-refractivity contribution < 1.29 is 19.5 Å². The van der Waals surface area contributed by atoms with Gasteiger partial charge in [0.05, 0.1) is 11.5 Å². The number of primary amides is 1. The lowest BCUT2D eigenvalue weighted by Crippen LogP contribution is -2.43. The van der Waals surface area contributed by atoms with Crippen LogP contribution in [0, 0.1) is 0 Å². The van der Waals surface area contributed by atoms with Crippen LogP contribution in [-0.2, 0) is 14.4 Å². The number of para-hydroxylation sites is 1. The molecular formula is C23H22ClN3O4.